The normalized spacial score (nSPS) is 15.8. The third-order valence-electron chi connectivity index (χ3n) is 3.82. The lowest BCUT2D eigenvalue weighted by atomic mass is 10.2. The molecule has 0 atom stereocenters. The van der Waals surface area contributed by atoms with Gasteiger partial charge in [-0.25, -0.2) is 0 Å². The van der Waals surface area contributed by atoms with E-state index in [1.165, 1.54) is 4.90 Å². The summed E-state index contributed by atoms with van der Waals surface area (Å²) in [4.78, 5) is 25.9. The monoisotopic (exact) mass is 431 g/mol. The first-order chi connectivity index (χ1) is 12.6. The van der Waals surface area contributed by atoms with Gasteiger partial charge >= 0.3 is 0 Å². The minimum absolute atomic E-state index is 0.197. The Balaban J connectivity index is 1.63. The zero-order valence-corrected chi connectivity index (χ0v) is 16.7. The maximum atomic E-state index is 12.2. The molecular weight excluding hydrogens is 414 g/mol. The highest BCUT2D eigenvalue weighted by Gasteiger charge is 2.34. The molecule has 1 aliphatic heterocycles. The number of benzene rings is 2. The Morgan fingerprint density at radius 3 is 2.42 bits per heavy atom. The summed E-state index contributed by atoms with van der Waals surface area (Å²) in [6.45, 7) is 2.90. The van der Waals surface area contributed by atoms with Crippen LogP contribution in [0, 0.1) is 0 Å². The molecule has 1 saturated heterocycles. The van der Waals surface area contributed by atoms with Gasteiger partial charge < -0.3 is 4.74 Å². The summed E-state index contributed by atoms with van der Waals surface area (Å²) < 4.78 is 6.81. The summed E-state index contributed by atoms with van der Waals surface area (Å²) in [5, 5.41) is -0.197. The standard InChI is InChI=1S/C20H18BrNO3S/c1-2-11-22-19(23)18(26-20(22)24)12-14-5-9-17(10-6-14)25-13-15-3-7-16(21)8-4-15/h3-10,12H,2,11,13H2,1H3/b18-12-. The lowest BCUT2D eigenvalue weighted by Gasteiger charge is -2.09. The van der Waals surface area contributed by atoms with Crippen LogP contribution in [0.1, 0.15) is 24.5 Å². The molecule has 0 N–H and O–H groups in total. The van der Waals surface area contributed by atoms with Gasteiger partial charge in [-0.3, -0.25) is 14.5 Å². The first-order valence-electron chi connectivity index (χ1n) is 8.29. The Morgan fingerprint density at radius 1 is 1.08 bits per heavy atom. The van der Waals surface area contributed by atoms with E-state index in [9.17, 15) is 9.59 Å². The second-order valence-corrected chi connectivity index (χ2v) is 7.73. The maximum absolute atomic E-state index is 12.2. The molecule has 1 fully saturated rings. The van der Waals surface area contributed by atoms with Crippen LogP contribution in [0.4, 0.5) is 4.79 Å². The molecule has 134 valence electrons. The van der Waals surface area contributed by atoms with Crippen molar-refractivity contribution in [2.75, 3.05) is 6.54 Å². The number of imide groups is 1. The summed E-state index contributed by atoms with van der Waals surface area (Å²) >= 11 is 4.40. The molecule has 0 aliphatic carbocycles. The molecule has 6 heteroatoms. The first-order valence-corrected chi connectivity index (χ1v) is 9.90. The fraction of sp³-hybridized carbons (Fsp3) is 0.200. The number of halogens is 1. The molecule has 2 aromatic carbocycles. The summed E-state index contributed by atoms with van der Waals surface area (Å²) in [6.07, 6.45) is 2.51. The van der Waals surface area contributed by atoms with E-state index in [1.807, 2.05) is 55.5 Å². The van der Waals surface area contributed by atoms with E-state index in [0.717, 1.165) is 39.5 Å². The predicted molar refractivity (Wildman–Crippen MR) is 108 cm³/mol. The van der Waals surface area contributed by atoms with E-state index in [1.54, 1.807) is 6.08 Å². The zero-order chi connectivity index (χ0) is 18.5. The van der Waals surface area contributed by atoms with Gasteiger partial charge in [0.25, 0.3) is 11.1 Å². The maximum Gasteiger partial charge on any atom is 0.293 e. The fourth-order valence-electron chi connectivity index (χ4n) is 2.48. The Labute approximate surface area is 165 Å². The molecule has 3 rings (SSSR count). The van der Waals surface area contributed by atoms with Gasteiger partial charge in [-0.2, -0.15) is 0 Å². The van der Waals surface area contributed by atoms with Crippen LogP contribution in [-0.2, 0) is 11.4 Å². The number of ether oxygens (including phenoxy) is 1. The van der Waals surface area contributed by atoms with Crippen molar-refractivity contribution in [1.82, 2.24) is 4.90 Å². The minimum Gasteiger partial charge on any atom is -0.489 e. The number of thioether (sulfide) groups is 1. The summed E-state index contributed by atoms with van der Waals surface area (Å²) in [7, 11) is 0. The fourth-order valence-corrected chi connectivity index (χ4v) is 3.60. The molecule has 2 aromatic rings. The van der Waals surface area contributed by atoms with E-state index in [2.05, 4.69) is 15.9 Å². The Bertz CT molecular complexity index is 831. The molecule has 0 bridgehead atoms. The van der Waals surface area contributed by atoms with Crippen LogP contribution in [0.15, 0.2) is 57.9 Å². The SMILES string of the molecule is CCCN1C(=O)S/C(=C\c2ccc(OCc3ccc(Br)cc3)cc2)C1=O. The van der Waals surface area contributed by atoms with Crippen molar-refractivity contribution in [3.05, 3.63) is 69.0 Å². The van der Waals surface area contributed by atoms with Crippen LogP contribution < -0.4 is 4.74 Å². The summed E-state index contributed by atoms with van der Waals surface area (Å²) in [5.41, 5.74) is 1.95. The van der Waals surface area contributed by atoms with Gasteiger partial charge in [-0.1, -0.05) is 47.1 Å². The summed E-state index contributed by atoms with van der Waals surface area (Å²) in [6, 6.07) is 15.5. The van der Waals surface area contributed by atoms with Crippen molar-refractivity contribution < 1.29 is 14.3 Å². The van der Waals surface area contributed by atoms with Crippen molar-refractivity contribution in [2.24, 2.45) is 0 Å². The molecule has 4 nitrogen and oxygen atoms in total. The highest BCUT2D eigenvalue weighted by Crippen LogP contribution is 2.32. The van der Waals surface area contributed by atoms with Crippen molar-refractivity contribution >= 4 is 44.9 Å². The highest BCUT2D eigenvalue weighted by molar-refractivity contribution is 9.10. The highest BCUT2D eigenvalue weighted by atomic mass is 79.9. The average molecular weight is 432 g/mol. The minimum atomic E-state index is -0.211. The molecule has 0 saturated carbocycles. The number of hydrogen-bond donors (Lipinski definition) is 0. The van der Waals surface area contributed by atoms with Gasteiger partial charge in [0, 0.05) is 11.0 Å². The molecule has 2 amide bonds. The third-order valence-corrected chi connectivity index (χ3v) is 5.25. The Hall–Kier alpha value is -2.05. The van der Waals surface area contributed by atoms with Crippen LogP contribution in [0.25, 0.3) is 6.08 Å². The Kier molecular flexibility index (Phi) is 6.16. The van der Waals surface area contributed by atoms with E-state index in [0.29, 0.717) is 18.1 Å². The van der Waals surface area contributed by atoms with E-state index >= 15 is 0 Å². The number of hydrogen-bond acceptors (Lipinski definition) is 4. The molecule has 0 radical (unpaired) electrons. The number of rotatable bonds is 6. The third kappa shape index (κ3) is 4.56. The van der Waals surface area contributed by atoms with E-state index in [4.69, 9.17) is 4.74 Å². The van der Waals surface area contributed by atoms with Gasteiger partial charge in [-0.05, 0) is 59.7 Å². The van der Waals surface area contributed by atoms with Gasteiger partial charge in [0.1, 0.15) is 12.4 Å². The lowest BCUT2D eigenvalue weighted by Crippen LogP contribution is -2.28. The van der Waals surface area contributed by atoms with Crippen LogP contribution in [-0.4, -0.2) is 22.6 Å². The molecule has 1 aliphatic rings. The van der Waals surface area contributed by atoms with Crippen molar-refractivity contribution in [2.45, 2.75) is 20.0 Å². The van der Waals surface area contributed by atoms with Crippen LogP contribution >= 0.6 is 27.7 Å². The quantitative estimate of drug-likeness (QED) is 0.568. The second kappa shape index (κ2) is 8.56. The molecule has 0 aromatic heterocycles. The smallest absolute Gasteiger partial charge is 0.293 e. The topological polar surface area (TPSA) is 46.6 Å². The first kappa shape index (κ1) is 18.7. The number of carbonyl (C=O) groups is 2. The lowest BCUT2D eigenvalue weighted by molar-refractivity contribution is -0.122. The van der Waals surface area contributed by atoms with Crippen LogP contribution in [0.3, 0.4) is 0 Å². The number of amides is 2. The average Bonchev–Trinajstić information content (AvgIpc) is 2.90. The van der Waals surface area contributed by atoms with Crippen LogP contribution in [0.5, 0.6) is 5.75 Å². The summed E-state index contributed by atoms with van der Waals surface area (Å²) in [5.74, 6) is 0.543. The van der Waals surface area contributed by atoms with Gasteiger partial charge in [0.2, 0.25) is 0 Å². The van der Waals surface area contributed by atoms with Crippen LogP contribution in [0.2, 0.25) is 0 Å². The molecule has 26 heavy (non-hydrogen) atoms. The Morgan fingerprint density at radius 2 is 1.77 bits per heavy atom. The van der Waals surface area contributed by atoms with E-state index in [-0.39, 0.29) is 11.1 Å². The van der Waals surface area contributed by atoms with Crippen molar-refractivity contribution in [1.29, 1.82) is 0 Å². The predicted octanol–water partition coefficient (Wildman–Crippen LogP) is 5.47. The largest absolute Gasteiger partial charge is 0.489 e. The number of carbonyl (C=O) groups excluding carboxylic acids is 2. The van der Waals surface area contributed by atoms with Crippen molar-refractivity contribution in [3.63, 3.8) is 0 Å². The second-order valence-electron chi connectivity index (χ2n) is 5.82. The number of nitrogens with zero attached hydrogens (tertiary/aromatic N) is 1. The molecule has 1 heterocycles. The van der Waals surface area contributed by atoms with Gasteiger partial charge in [-0.15, -0.1) is 0 Å². The van der Waals surface area contributed by atoms with Crippen molar-refractivity contribution in [3.8, 4) is 5.75 Å². The zero-order valence-electron chi connectivity index (χ0n) is 14.3. The molecule has 0 unspecified atom stereocenters. The molecule has 0 spiro atoms. The molecular formula is C20H18BrNO3S. The van der Waals surface area contributed by atoms with E-state index < -0.39 is 0 Å². The van der Waals surface area contributed by atoms with Gasteiger partial charge in [0.15, 0.2) is 0 Å². The van der Waals surface area contributed by atoms with Gasteiger partial charge in [0.05, 0.1) is 4.91 Å².